The number of carboxylic acids is 1. The first-order chi connectivity index (χ1) is 9.52. The van der Waals surface area contributed by atoms with Gasteiger partial charge in [-0.1, -0.05) is 6.07 Å². The third-order valence-corrected chi connectivity index (χ3v) is 2.74. The molecule has 4 nitrogen and oxygen atoms in total. The van der Waals surface area contributed by atoms with Gasteiger partial charge in [0.05, 0.1) is 5.56 Å². The first-order valence-electron chi connectivity index (χ1n) is 5.73. The predicted molar refractivity (Wildman–Crippen MR) is 69.3 cm³/mol. The Kier molecular flexibility index (Phi) is 3.67. The van der Waals surface area contributed by atoms with E-state index < -0.39 is 11.8 Å². The highest BCUT2D eigenvalue weighted by atomic mass is 19.1. The Morgan fingerprint density at radius 3 is 2.70 bits per heavy atom. The lowest BCUT2D eigenvalue weighted by Crippen LogP contribution is -1.99. The quantitative estimate of drug-likeness (QED) is 0.927. The van der Waals surface area contributed by atoms with Crippen LogP contribution in [0.1, 0.15) is 21.5 Å². The van der Waals surface area contributed by atoms with Gasteiger partial charge in [0.25, 0.3) is 0 Å². The molecule has 0 aliphatic heterocycles. The van der Waals surface area contributed by atoms with E-state index in [0.29, 0.717) is 11.3 Å². The van der Waals surface area contributed by atoms with E-state index in [2.05, 4.69) is 0 Å². The third-order valence-electron chi connectivity index (χ3n) is 2.74. The van der Waals surface area contributed by atoms with E-state index in [1.54, 1.807) is 13.0 Å². The van der Waals surface area contributed by atoms with Crippen molar-refractivity contribution >= 4 is 5.97 Å². The molecule has 0 atom stereocenters. The van der Waals surface area contributed by atoms with Crippen molar-refractivity contribution in [3.8, 4) is 17.6 Å². The molecule has 100 valence electrons. The number of hydrogen-bond acceptors (Lipinski definition) is 3. The number of rotatable bonds is 3. The summed E-state index contributed by atoms with van der Waals surface area (Å²) in [6.45, 7) is 1.63. The second-order valence-corrected chi connectivity index (χ2v) is 4.11. The number of aromatic carboxylic acids is 1. The van der Waals surface area contributed by atoms with Crippen LogP contribution >= 0.6 is 0 Å². The fraction of sp³-hybridized carbons (Fsp3) is 0.0667. The molecule has 20 heavy (non-hydrogen) atoms. The second-order valence-electron chi connectivity index (χ2n) is 4.11. The summed E-state index contributed by atoms with van der Waals surface area (Å²) in [4.78, 5) is 10.9. The Morgan fingerprint density at radius 1 is 1.35 bits per heavy atom. The number of aryl methyl sites for hydroxylation is 1. The van der Waals surface area contributed by atoms with E-state index in [1.807, 2.05) is 0 Å². The van der Waals surface area contributed by atoms with Gasteiger partial charge < -0.3 is 9.84 Å². The zero-order valence-corrected chi connectivity index (χ0v) is 10.6. The van der Waals surface area contributed by atoms with Crippen LogP contribution in [0, 0.1) is 24.1 Å². The van der Waals surface area contributed by atoms with Crippen molar-refractivity contribution in [2.45, 2.75) is 6.92 Å². The van der Waals surface area contributed by atoms with Gasteiger partial charge in [0.15, 0.2) is 0 Å². The van der Waals surface area contributed by atoms with Gasteiger partial charge in [0, 0.05) is 0 Å². The maximum Gasteiger partial charge on any atom is 0.335 e. The Bertz CT molecular complexity index is 720. The highest BCUT2D eigenvalue weighted by molar-refractivity contribution is 5.89. The van der Waals surface area contributed by atoms with Crippen molar-refractivity contribution in [3.63, 3.8) is 0 Å². The highest BCUT2D eigenvalue weighted by Crippen LogP contribution is 2.28. The number of nitriles is 1. The normalized spacial score (nSPS) is 9.85. The topological polar surface area (TPSA) is 70.3 Å². The summed E-state index contributed by atoms with van der Waals surface area (Å²) in [5, 5.41) is 17.8. The molecule has 1 N–H and O–H groups in total. The lowest BCUT2D eigenvalue weighted by molar-refractivity contribution is 0.0696. The van der Waals surface area contributed by atoms with Crippen molar-refractivity contribution in [2.24, 2.45) is 0 Å². The molecule has 0 aromatic heterocycles. The first kappa shape index (κ1) is 13.6. The van der Waals surface area contributed by atoms with Gasteiger partial charge in [-0.2, -0.15) is 5.26 Å². The number of carboxylic acid groups (broad SMARTS) is 1. The average molecular weight is 271 g/mol. The van der Waals surface area contributed by atoms with E-state index in [0.717, 1.165) is 0 Å². The molecule has 5 heteroatoms. The van der Waals surface area contributed by atoms with E-state index >= 15 is 0 Å². The molecule has 0 saturated heterocycles. The molecule has 0 unspecified atom stereocenters. The maximum absolute atomic E-state index is 13.4. The zero-order chi connectivity index (χ0) is 14.7. The van der Waals surface area contributed by atoms with Gasteiger partial charge in [0.1, 0.15) is 28.9 Å². The molecule has 0 radical (unpaired) electrons. The molecule has 0 aliphatic carbocycles. The molecule has 0 spiro atoms. The van der Waals surface area contributed by atoms with Crippen LogP contribution in [-0.2, 0) is 0 Å². The van der Waals surface area contributed by atoms with Gasteiger partial charge in [-0.05, 0) is 42.8 Å². The Labute approximate surface area is 114 Å². The number of halogens is 1. The molecular formula is C15H10FNO3. The number of ether oxygens (including phenoxy) is 1. The maximum atomic E-state index is 13.4. The van der Waals surface area contributed by atoms with E-state index in [4.69, 9.17) is 15.1 Å². The number of carbonyl (C=O) groups is 1. The minimum Gasteiger partial charge on any atom is -0.478 e. The standard InChI is InChI=1S/C15H10FNO3/c1-9-7-10(5-6-11(9)15(18)19)20-14-4-2-3-13(16)12(14)8-17/h2-7H,1H3,(H,18,19). The van der Waals surface area contributed by atoms with E-state index in [1.165, 1.54) is 36.4 Å². The van der Waals surface area contributed by atoms with Crippen LogP contribution in [-0.4, -0.2) is 11.1 Å². The van der Waals surface area contributed by atoms with Crippen LogP contribution in [0.25, 0.3) is 0 Å². The molecule has 0 amide bonds. The van der Waals surface area contributed by atoms with E-state index in [-0.39, 0.29) is 16.9 Å². The lowest BCUT2D eigenvalue weighted by atomic mass is 10.1. The van der Waals surface area contributed by atoms with Crippen molar-refractivity contribution < 1.29 is 19.0 Å². The summed E-state index contributed by atoms with van der Waals surface area (Å²) in [5.41, 5.74) is 0.495. The van der Waals surface area contributed by atoms with Crippen LogP contribution in [0.3, 0.4) is 0 Å². The summed E-state index contributed by atoms with van der Waals surface area (Å²) in [7, 11) is 0. The molecule has 0 fully saturated rings. The van der Waals surface area contributed by atoms with Crippen LogP contribution in [0.4, 0.5) is 4.39 Å². The number of hydrogen-bond donors (Lipinski definition) is 1. The summed E-state index contributed by atoms with van der Waals surface area (Å²) >= 11 is 0. The molecule has 2 aromatic carbocycles. The number of nitrogens with zero attached hydrogens (tertiary/aromatic N) is 1. The third kappa shape index (κ3) is 2.59. The Hall–Kier alpha value is -2.87. The highest BCUT2D eigenvalue weighted by Gasteiger charge is 2.12. The molecule has 0 aliphatic rings. The second kappa shape index (κ2) is 5.41. The fourth-order valence-corrected chi connectivity index (χ4v) is 1.76. The predicted octanol–water partition coefficient (Wildman–Crippen LogP) is 3.50. The lowest BCUT2D eigenvalue weighted by Gasteiger charge is -2.09. The monoisotopic (exact) mass is 271 g/mol. The summed E-state index contributed by atoms with van der Waals surface area (Å²) in [6, 6.07) is 10.2. The van der Waals surface area contributed by atoms with Crippen molar-refractivity contribution in [2.75, 3.05) is 0 Å². The summed E-state index contributed by atoms with van der Waals surface area (Å²) < 4.78 is 18.9. The molecular weight excluding hydrogens is 261 g/mol. The molecule has 2 aromatic rings. The van der Waals surface area contributed by atoms with Gasteiger partial charge in [-0.15, -0.1) is 0 Å². The zero-order valence-electron chi connectivity index (χ0n) is 10.6. The van der Waals surface area contributed by atoms with Crippen LogP contribution in [0.5, 0.6) is 11.5 Å². The van der Waals surface area contributed by atoms with E-state index in [9.17, 15) is 9.18 Å². The molecule has 2 rings (SSSR count). The molecule has 0 bridgehead atoms. The van der Waals surface area contributed by atoms with Crippen molar-refractivity contribution in [3.05, 3.63) is 58.9 Å². The minimum absolute atomic E-state index is 0.0926. The van der Waals surface area contributed by atoms with Crippen molar-refractivity contribution in [1.82, 2.24) is 0 Å². The summed E-state index contributed by atoms with van der Waals surface area (Å²) in [5.74, 6) is -1.26. The van der Waals surface area contributed by atoms with Crippen LogP contribution in [0.2, 0.25) is 0 Å². The van der Waals surface area contributed by atoms with Gasteiger partial charge >= 0.3 is 5.97 Å². The van der Waals surface area contributed by atoms with Gasteiger partial charge in [0.2, 0.25) is 0 Å². The Balaban J connectivity index is 2.37. The number of benzene rings is 2. The van der Waals surface area contributed by atoms with Crippen LogP contribution < -0.4 is 4.74 Å². The SMILES string of the molecule is Cc1cc(Oc2cccc(F)c2C#N)ccc1C(=O)O. The Morgan fingerprint density at radius 2 is 2.10 bits per heavy atom. The molecule has 0 saturated carbocycles. The average Bonchev–Trinajstić information content (AvgIpc) is 2.38. The van der Waals surface area contributed by atoms with Crippen molar-refractivity contribution in [1.29, 1.82) is 5.26 Å². The largest absolute Gasteiger partial charge is 0.478 e. The van der Waals surface area contributed by atoms with Crippen LogP contribution in [0.15, 0.2) is 36.4 Å². The fourth-order valence-electron chi connectivity index (χ4n) is 1.76. The van der Waals surface area contributed by atoms with Gasteiger partial charge in [-0.3, -0.25) is 0 Å². The van der Waals surface area contributed by atoms with Gasteiger partial charge in [-0.25, -0.2) is 9.18 Å². The smallest absolute Gasteiger partial charge is 0.335 e. The minimum atomic E-state index is -1.03. The molecule has 0 heterocycles. The summed E-state index contributed by atoms with van der Waals surface area (Å²) in [6.07, 6.45) is 0. The first-order valence-corrected chi connectivity index (χ1v) is 5.73.